The third kappa shape index (κ3) is 6.58. The molecule has 3 N–H and O–H groups in total. The molecule has 3 fully saturated rings. The van der Waals surface area contributed by atoms with Crippen LogP contribution >= 0.6 is 0 Å². The summed E-state index contributed by atoms with van der Waals surface area (Å²) in [5.41, 5.74) is 1.61. The van der Waals surface area contributed by atoms with Crippen molar-refractivity contribution in [3.05, 3.63) is 42.2 Å². The van der Waals surface area contributed by atoms with E-state index < -0.39 is 11.7 Å². The van der Waals surface area contributed by atoms with E-state index in [1.165, 1.54) is 23.0 Å². The molecular formula is C29H38FN9O2. The second kappa shape index (κ2) is 12.0. The number of hydrogen-bond acceptors (Lipinski definition) is 8. The highest BCUT2D eigenvalue weighted by Gasteiger charge is 2.28. The number of fused-ring (bicyclic) bond motifs is 1. The quantitative estimate of drug-likeness (QED) is 0.380. The number of amides is 2. The van der Waals surface area contributed by atoms with Crippen LogP contribution < -0.4 is 16.0 Å². The van der Waals surface area contributed by atoms with Crippen LogP contribution in [0.2, 0.25) is 0 Å². The minimum Gasteiger partial charge on any atom is -0.379 e. The normalized spacial score (nSPS) is 21.9. The van der Waals surface area contributed by atoms with Crippen molar-refractivity contribution in [1.82, 2.24) is 29.4 Å². The Kier molecular flexibility index (Phi) is 8.00. The molecule has 0 spiro atoms. The van der Waals surface area contributed by atoms with Crippen molar-refractivity contribution in [3.63, 3.8) is 0 Å². The molecule has 0 bridgehead atoms. The van der Waals surface area contributed by atoms with Gasteiger partial charge in [-0.2, -0.15) is 0 Å². The Balaban J connectivity index is 1.12. The van der Waals surface area contributed by atoms with Crippen molar-refractivity contribution in [2.24, 2.45) is 5.92 Å². The van der Waals surface area contributed by atoms with Gasteiger partial charge in [0.05, 0.1) is 23.8 Å². The average molecular weight is 564 g/mol. The molecule has 1 aliphatic heterocycles. The van der Waals surface area contributed by atoms with E-state index in [0.717, 1.165) is 83.0 Å². The Bertz CT molecular complexity index is 1400. The highest BCUT2D eigenvalue weighted by molar-refractivity contribution is 6.03. The van der Waals surface area contributed by atoms with Gasteiger partial charge in [0.1, 0.15) is 5.82 Å². The van der Waals surface area contributed by atoms with Gasteiger partial charge in [0.25, 0.3) is 5.91 Å². The Morgan fingerprint density at radius 1 is 0.976 bits per heavy atom. The molecule has 3 aromatic heterocycles. The van der Waals surface area contributed by atoms with Crippen molar-refractivity contribution in [2.45, 2.75) is 63.5 Å². The lowest BCUT2D eigenvalue weighted by Gasteiger charge is -2.30. The van der Waals surface area contributed by atoms with E-state index in [1.807, 2.05) is 11.0 Å². The molecular weight excluding hydrogens is 525 g/mol. The van der Waals surface area contributed by atoms with Gasteiger partial charge >= 0.3 is 0 Å². The number of hydrogen-bond donors (Lipinski definition) is 3. The lowest BCUT2D eigenvalue weighted by atomic mass is 9.84. The Labute approximate surface area is 238 Å². The number of halogens is 1. The van der Waals surface area contributed by atoms with Gasteiger partial charge in [0.15, 0.2) is 17.2 Å². The van der Waals surface area contributed by atoms with Crippen LogP contribution in [0.25, 0.3) is 5.65 Å². The molecule has 218 valence electrons. The van der Waals surface area contributed by atoms with Crippen LogP contribution in [0.4, 0.5) is 21.6 Å². The Morgan fingerprint density at radius 2 is 1.76 bits per heavy atom. The number of nitrogens with zero attached hydrogens (tertiary/aromatic N) is 6. The average Bonchev–Trinajstić information content (AvgIpc) is 3.72. The molecule has 3 aromatic rings. The topological polar surface area (TPSA) is 120 Å². The third-order valence-electron chi connectivity index (χ3n) is 8.39. The maximum absolute atomic E-state index is 14.1. The van der Waals surface area contributed by atoms with Crippen LogP contribution in [-0.4, -0.2) is 86.5 Å². The van der Waals surface area contributed by atoms with E-state index in [0.29, 0.717) is 29.8 Å². The number of carbonyl (C=O) groups excluding carboxylic acids is 2. The molecule has 6 rings (SSSR count). The summed E-state index contributed by atoms with van der Waals surface area (Å²) in [6.07, 6.45) is 11.6. The van der Waals surface area contributed by atoms with Gasteiger partial charge in [0.2, 0.25) is 5.91 Å². The molecule has 0 radical (unpaired) electrons. The molecule has 0 atom stereocenters. The Morgan fingerprint density at radius 3 is 2.54 bits per heavy atom. The van der Waals surface area contributed by atoms with Gasteiger partial charge in [-0.05, 0) is 70.5 Å². The zero-order valence-electron chi connectivity index (χ0n) is 23.5. The highest BCUT2D eigenvalue weighted by Crippen LogP contribution is 2.32. The van der Waals surface area contributed by atoms with Gasteiger partial charge in [-0.15, -0.1) is 5.10 Å². The monoisotopic (exact) mass is 563 g/mol. The number of rotatable bonds is 8. The first-order valence-electron chi connectivity index (χ1n) is 14.7. The number of carbonyl (C=O) groups is 2. The maximum atomic E-state index is 14.1. The number of nitrogens with one attached hydrogen (secondary N) is 3. The smallest absolute Gasteiger partial charge is 0.276 e. The van der Waals surface area contributed by atoms with Crippen molar-refractivity contribution in [3.8, 4) is 0 Å². The fraction of sp³-hybridized carbons (Fsp3) is 0.552. The van der Waals surface area contributed by atoms with E-state index in [2.05, 4.69) is 37.9 Å². The second-order valence-electron chi connectivity index (χ2n) is 11.7. The third-order valence-corrected chi connectivity index (χ3v) is 8.39. The van der Waals surface area contributed by atoms with Crippen LogP contribution in [0.5, 0.6) is 0 Å². The molecule has 2 amide bonds. The van der Waals surface area contributed by atoms with Crippen LogP contribution in [-0.2, 0) is 4.79 Å². The first-order valence-corrected chi connectivity index (χ1v) is 14.7. The second-order valence-corrected chi connectivity index (χ2v) is 11.7. The zero-order chi connectivity index (χ0) is 28.3. The van der Waals surface area contributed by atoms with Gasteiger partial charge in [-0.3, -0.25) is 14.6 Å². The summed E-state index contributed by atoms with van der Waals surface area (Å²) in [5.74, 6) is 0.220. The van der Waals surface area contributed by atoms with Gasteiger partial charge in [0, 0.05) is 50.4 Å². The number of imidazole rings is 1. The number of likely N-dealkylation sites (N-methyl/N-ethyl adjacent to an activating group) is 1. The molecule has 0 unspecified atom stereocenters. The largest absolute Gasteiger partial charge is 0.379 e. The minimum atomic E-state index is -0.614. The van der Waals surface area contributed by atoms with Crippen LogP contribution in [0.15, 0.2) is 30.7 Å². The lowest BCUT2D eigenvalue weighted by Crippen LogP contribution is -2.36. The highest BCUT2D eigenvalue weighted by atomic mass is 19.1. The van der Waals surface area contributed by atoms with Crippen molar-refractivity contribution in [1.29, 1.82) is 0 Å². The molecule has 2 saturated carbocycles. The van der Waals surface area contributed by atoms with Crippen LogP contribution in [0.1, 0.15) is 61.9 Å². The first kappa shape index (κ1) is 27.4. The number of pyridine rings is 1. The van der Waals surface area contributed by atoms with Gasteiger partial charge < -0.3 is 25.8 Å². The molecule has 11 nitrogen and oxygen atoms in total. The van der Waals surface area contributed by atoms with E-state index in [-0.39, 0.29) is 23.3 Å². The zero-order valence-corrected chi connectivity index (χ0v) is 23.5. The summed E-state index contributed by atoms with van der Waals surface area (Å²) in [5, 5.41) is 14.4. The van der Waals surface area contributed by atoms with Crippen molar-refractivity contribution < 1.29 is 14.0 Å². The molecule has 41 heavy (non-hydrogen) atoms. The van der Waals surface area contributed by atoms with E-state index in [1.54, 1.807) is 0 Å². The predicted octanol–water partition coefficient (Wildman–Crippen LogP) is 3.61. The predicted molar refractivity (Wildman–Crippen MR) is 154 cm³/mol. The molecule has 0 aromatic carbocycles. The summed E-state index contributed by atoms with van der Waals surface area (Å²) in [7, 11) is 2.12. The number of anilines is 3. The lowest BCUT2D eigenvalue weighted by molar-refractivity contribution is -0.132. The minimum absolute atomic E-state index is 0.0454. The van der Waals surface area contributed by atoms with Gasteiger partial charge in [-0.25, -0.2) is 13.9 Å². The number of aromatic nitrogens is 4. The summed E-state index contributed by atoms with van der Waals surface area (Å²) in [4.78, 5) is 38.6. The summed E-state index contributed by atoms with van der Waals surface area (Å²) in [6, 6.07) is 3.97. The van der Waals surface area contributed by atoms with Crippen LogP contribution in [0.3, 0.4) is 0 Å². The molecule has 1 saturated heterocycles. The maximum Gasteiger partial charge on any atom is 0.276 e. The molecule has 2 aliphatic carbocycles. The van der Waals surface area contributed by atoms with Crippen molar-refractivity contribution in [2.75, 3.05) is 49.2 Å². The molecule has 4 heterocycles. The van der Waals surface area contributed by atoms with Crippen molar-refractivity contribution >= 4 is 34.7 Å². The fourth-order valence-electron chi connectivity index (χ4n) is 5.80. The fourth-order valence-corrected chi connectivity index (χ4v) is 5.80. The van der Waals surface area contributed by atoms with E-state index in [9.17, 15) is 14.0 Å². The molecule has 12 heteroatoms. The summed E-state index contributed by atoms with van der Waals surface area (Å²) in [6.45, 7) is 3.67. The van der Waals surface area contributed by atoms with E-state index >= 15 is 0 Å². The summed E-state index contributed by atoms with van der Waals surface area (Å²) >= 11 is 0. The van der Waals surface area contributed by atoms with E-state index in [4.69, 9.17) is 5.10 Å². The Hall–Kier alpha value is -3.80. The SMILES string of the molecule is CN1CCCN(C(=O)CC2CCC(Nc3cc(NC4CC4)c4ncc(C(=O)Nc5ccncc5F)n4n3)CC2)CC1. The molecule has 3 aliphatic rings. The standard InChI is InChI=1S/C29H38FN9O2/c1-37-11-2-12-38(14-13-37)27(40)15-19-3-5-21(6-4-19)34-26-16-24(33-20-7-8-20)28-32-18-25(39(28)36-26)29(41)35-23-9-10-31-17-22(23)30/h9-10,16-21,33H,2-8,11-15H2,1H3,(H,34,36)(H,31,35,41). The summed E-state index contributed by atoms with van der Waals surface area (Å²) < 4.78 is 15.6. The van der Waals surface area contributed by atoms with Gasteiger partial charge in [-0.1, -0.05) is 0 Å². The van der Waals surface area contributed by atoms with Crippen LogP contribution in [0, 0.1) is 11.7 Å². The first-order chi connectivity index (χ1) is 19.9.